The summed E-state index contributed by atoms with van der Waals surface area (Å²) < 4.78 is 7.30. The average Bonchev–Trinajstić information content (AvgIpc) is 3.00. The lowest BCUT2D eigenvalue weighted by Gasteiger charge is -2.14. The van der Waals surface area contributed by atoms with Gasteiger partial charge in [0, 0.05) is 13.0 Å². The van der Waals surface area contributed by atoms with Crippen molar-refractivity contribution in [3.63, 3.8) is 0 Å². The van der Waals surface area contributed by atoms with E-state index < -0.39 is 0 Å². The number of aryl methyl sites for hydroxylation is 2. The Labute approximate surface area is 128 Å². The third-order valence-corrected chi connectivity index (χ3v) is 3.87. The Kier molecular flexibility index (Phi) is 5.10. The monoisotopic (exact) mass is 316 g/mol. The van der Waals surface area contributed by atoms with Gasteiger partial charge in [-0.05, 0) is 37.1 Å². The quantitative estimate of drug-likeness (QED) is 0.634. The molecule has 0 aromatic carbocycles. The summed E-state index contributed by atoms with van der Waals surface area (Å²) in [7, 11) is 0. The number of hydrogen-bond acceptors (Lipinski definition) is 4. The van der Waals surface area contributed by atoms with Gasteiger partial charge in [0.25, 0.3) is 0 Å². The Morgan fingerprint density at radius 3 is 2.65 bits per heavy atom. The summed E-state index contributed by atoms with van der Waals surface area (Å²) in [6.45, 7) is 4.81. The van der Waals surface area contributed by atoms with Crippen molar-refractivity contribution in [2.24, 2.45) is 5.84 Å². The highest BCUT2D eigenvalue weighted by Crippen LogP contribution is 2.28. The van der Waals surface area contributed by atoms with Gasteiger partial charge >= 0.3 is 0 Å². The van der Waals surface area contributed by atoms with Gasteiger partial charge in [-0.3, -0.25) is 10.5 Å². The molecule has 1 unspecified atom stereocenters. The number of halogens is 2. The van der Waals surface area contributed by atoms with Crippen LogP contribution in [0.25, 0.3) is 0 Å². The molecule has 5 nitrogen and oxygen atoms in total. The van der Waals surface area contributed by atoms with Crippen molar-refractivity contribution < 1.29 is 4.42 Å². The van der Waals surface area contributed by atoms with E-state index in [2.05, 4.69) is 10.5 Å². The number of rotatable bonds is 6. The minimum atomic E-state index is -0.202. The second-order valence-corrected chi connectivity index (χ2v) is 5.19. The number of nitrogens with two attached hydrogens (primary N) is 1. The molecule has 2 heterocycles. The van der Waals surface area contributed by atoms with Crippen LogP contribution in [-0.2, 0) is 19.4 Å². The van der Waals surface area contributed by atoms with Crippen LogP contribution in [-0.4, -0.2) is 9.78 Å². The Hall–Kier alpha value is -1.01. The summed E-state index contributed by atoms with van der Waals surface area (Å²) in [5, 5.41) is 5.53. The molecular weight excluding hydrogens is 299 g/mol. The number of hydrogen-bond donors (Lipinski definition) is 2. The molecule has 0 aliphatic carbocycles. The highest BCUT2D eigenvalue weighted by molar-refractivity contribution is 6.31. The van der Waals surface area contributed by atoms with E-state index >= 15 is 0 Å². The normalized spacial score (nSPS) is 12.8. The van der Waals surface area contributed by atoms with Crippen LogP contribution < -0.4 is 11.3 Å². The molecule has 0 saturated heterocycles. The topological polar surface area (TPSA) is 69.0 Å². The van der Waals surface area contributed by atoms with E-state index in [0.29, 0.717) is 22.4 Å². The lowest BCUT2D eigenvalue weighted by atomic mass is 10.1. The summed E-state index contributed by atoms with van der Waals surface area (Å²) in [5.74, 6) is 6.29. The van der Waals surface area contributed by atoms with Crippen molar-refractivity contribution in [2.75, 3.05) is 0 Å². The van der Waals surface area contributed by atoms with E-state index in [9.17, 15) is 0 Å². The zero-order valence-electron chi connectivity index (χ0n) is 11.5. The maximum Gasteiger partial charge on any atom is 0.193 e. The summed E-state index contributed by atoms with van der Waals surface area (Å²) in [6.07, 6.45) is 1.38. The fourth-order valence-corrected chi connectivity index (χ4v) is 2.66. The lowest BCUT2D eigenvalue weighted by Crippen LogP contribution is -2.30. The summed E-state index contributed by atoms with van der Waals surface area (Å²) in [5.41, 5.74) is 4.58. The molecule has 20 heavy (non-hydrogen) atoms. The van der Waals surface area contributed by atoms with E-state index in [4.69, 9.17) is 33.5 Å². The molecule has 110 valence electrons. The molecule has 0 bridgehead atoms. The van der Waals surface area contributed by atoms with E-state index in [1.165, 1.54) is 0 Å². The van der Waals surface area contributed by atoms with Crippen LogP contribution in [0.4, 0.5) is 0 Å². The number of hydrazine groups is 1. The van der Waals surface area contributed by atoms with Crippen molar-refractivity contribution in [1.82, 2.24) is 15.2 Å². The first kappa shape index (κ1) is 15.4. The molecule has 0 amide bonds. The zero-order valence-corrected chi connectivity index (χ0v) is 13.0. The molecule has 2 aromatic rings. The molecule has 1 atom stereocenters. The first-order valence-corrected chi connectivity index (χ1v) is 7.31. The molecule has 3 N–H and O–H groups in total. The van der Waals surface area contributed by atoms with E-state index in [1.807, 2.05) is 18.5 Å². The SMILES string of the molecule is CCc1nn(CC)c(CC(NN)c2ccc(Cl)o2)c1Cl. The summed E-state index contributed by atoms with van der Waals surface area (Å²) in [6, 6.07) is 3.29. The smallest absolute Gasteiger partial charge is 0.193 e. The van der Waals surface area contributed by atoms with Crippen LogP contribution in [0.1, 0.15) is 37.0 Å². The fourth-order valence-electron chi connectivity index (χ4n) is 2.16. The molecule has 7 heteroatoms. The predicted molar refractivity (Wildman–Crippen MR) is 79.8 cm³/mol. The van der Waals surface area contributed by atoms with Crippen LogP contribution in [0.3, 0.4) is 0 Å². The van der Waals surface area contributed by atoms with Crippen LogP contribution in [0.5, 0.6) is 0 Å². The Balaban J connectivity index is 2.29. The third-order valence-electron chi connectivity index (χ3n) is 3.23. The van der Waals surface area contributed by atoms with Crippen LogP contribution in [0.2, 0.25) is 10.2 Å². The predicted octanol–water partition coefficient (Wildman–Crippen LogP) is 3.11. The number of furan rings is 1. The first-order valence-electron chi connectivity index (χ1n) is 6.56. The highest BCUT2D eigenvalue weighted by atomic mass is 35.5. The minimum Gasteiger partial charge on any atom is -0.448 e. The van der Waals surface area contributed by atoms with Crippen molar-refractivity contribution in [1.29, 1.82) is 0 Å². The molecule has 0 aliphatic rings. The molecule has 0 aliphatic heterocycles. The standard InChI is InChI=1S/C13H18Cl2N4O/c1-3-8-13(15)10(19(4-2)18-8)7-9(17-16)11-5-6-12(14)20-11/h5-6,9,17H,3-4,7,16H2,1-2H3. The molecule has 0 radical (unpaired) electrons. The van der Waals surface area contributed by atoms with Crippen molar-refractivity contribution in [2.45, 2.75) is 39.3 Å². The molecule has 2 rings (SSSR count). The van der Waals surface area contributed by atoms with Gasteiger partial charge in [-0.1, -0.05) is 18.5 Å². The number of nitrogens with zero attached hydrogens (tertiary/aromatic N) is 2. The van der Waals surface area contributed by atoms with Crippen molar-refractivity contribution >= 4 is 23.2 Å². The van der Waals surface area contributed by atoms with Gasteiger partial charge in [-0.2, -0.15) is 5.10 Å². The maximum atomic E-state index is 6.39. The van der Waals surface area contributed by atoms with Crippen LogP contribution in [0, 0.1) is 0 Å². The largest absolute Gasteiger partial charge is 0.448 e. The molecule has 0 fully saturated rings. The Morgan fingerprint density at radius 2 is 2.15 bits per heavy atom. The first-order chi connectivity index (χ1) is 9.60. The van der Waals surface area contributed by atoms with Crippen molar-refractivity contribution in [3.8, 4) is 0 Å². The highest BCUT2D eigenvalue weighted by Gasteiger charge is 2.21. The second-order valence-electron chi connectivity index (χ2n) is 4.44. The van der Waals surface area contributed by atoms with Gasteiger partial charge in [0.1, 0.15) is 5.76 Å². The summed E-state index contributed by atoms with van der Waals surface area (Å²) in [4.78, 5) is 0. The third kappa shape index (κ3) is 3.01. The van der Waals surface area contributed by atoms with E-state index in [0.717, 1.165) is 24.4 Å². The Bertz CT molecular complexity index is 579. The van der Waals surface area contributed by atoms with Gasteiger partial charge in [-0.25, -0.2) is 5.43 Å². The van der Waals surface area contributed by atoms with Crippen LogP contribution >= 0.6 is 23.2 Å². The maximum absolute atomic E-state index is 6.39. The zero-order chi connectivity index (χ0) is 14.7. The number of aromatic nitrogens is 2. The molecule has 2 aromatic heterocycles. The molecular formula is C13H18Cl2N4O. The van der Waals surface area contributed by atoms with Crippen LogP contribution in [0.15, 0.2) is 16.5 Å². The average molecular weight is 317 g/mol. The molecule has 0 spiro atoms. The molecule has 0 saturated carbocycles. The van der Waals surface area contributed by atoms with E-state index in [1.54, 1.807) is 12.1 Å². The second kappa shape index (κ2) is 6.63. The van der Waals surface area contributed by atoms with Gasteiger partial charge in [0.2, 0.25) is 0 Å². The lowest BCUT2D eigenvalue weighted by molar-refractivity contribution is 0.409. The van der Waals surface area contributed by atoms with Crippen molar-refractivity contribution in [3.05, 3.63) is 39.5 Å². The minimum absolute atomic E-state index is 0.202. The Morgan fingerprint density at radius 1 is 1.40 bits per heavy atom. The number of nitrogens with one attached hydrogen (secondary N) is 1. The van der Waals surface area contributed by atoms with E-state index in [-0.39, 0.29) is 6.04 Å². The van der Waals surface area contributed by atoms with Gasteiger partial charge in [0.15, 0.2) is 5.22 Å². The fraction of sp³-hybridized carbons (Fsp3) is 0.462. The van der Waals surface area contributed by atoms with Gasteiger partial charge in [-0.15, -0.1) is 0 Å². The van der Waals surface area contributed by atoms with Gasteiger partial charge in [0.05, 0.1) is 22.5 Å². The van der Waals surface area contributed by atoms with Gasteiger partial charge < -0.3 is 4.42 Å². The summed E-state index contributed by atoms with van der Waals surface area (Å²) >= 11 is 12.2.